The highest BCUT2D eigenvalue weighted by Crippen LogP contribution is 2.16. The van der Waals surface area contributed by atoms with Gasteiger partial charge in [0.2, 0.25) is 0 Å². The van der Waals surface area contributed by atoms with E-state index in [2.05, 4.69) is 12.2 Å². The van der Waals surface area contributed by atoms with Crippen LogP contribution in [-0.4, -0.2) is 18.5 Å². The maximum Gasteiger partial charge on any atom is 0.349 e. The van der Waals surface area contributed by atoms with Crippen molar-refractivity contribution in [3.8, 4) is 11.5 Å². The van der Waals surface area contributed by atoms with Gasteiger partial charge in [0.1, 0.15) is 11.5 Å². The number of carbonyl (C=O) groups excluding carboxylic acids is 2. The van der Waals surface area contributed by atoms with Crippen LogP contribution in [0.3, 0.4) is 0 Å². The second-order valence-corrected chi connectivity index (χ2v) is 7.00. The first kappa shape index (κ1) is 21.1. The first-order valence-corrected chi connectivity index (χ1v) is 9.94. The van der Waals surface area contributed by atoms with Crippen molar-refractivity contribution in [2.45, 2.75) is 26.7 Å². The number of nitrogens with one attached hydrogen (secondary N) is 1. The summed E-state index contributed by atoms with van der Waals surface area (Å²) in [7, 11) is 0. The number of esters is 1. The standard InChI is InChI=1S/C25H25NO4/c1-3-4-19-7-13-22(14-8-19)29-17-24(27)30-23-15-9-20(10-16-23)25(28)26-21-11-5-18(2)6-12-21/h5-16H,3-4,17H2,1-2H3,(H,26,28). The van der Waals surface area contributed by atoms with Crippen molar-refractivity contribution in [3.63, 3.8) is 0 Å². The van der Waals surface area contributed by atoms with E-state index in [0.717, 1.165) is 24.1 Å². The molecule has 0 radical (unpaired) electrons. The average molecular weight is 403 g/mol. The zero-order valence-electron chi connectivity index (χ0n) is 17.2. The van der Waals surface area contributed by atoms with Crippen molar-refractivity contribution in [3.05, 3.63) is 89.5 Å². The fraction of sp³-hybridized carbons (Fsp3) is 0.200. The minimum Gasteiger partial charge on any atom is -0.482 e. The normalized spacial score (nSPS) is 10.3. The van der Waals surface area contributed by atoms with Crippen molar-refractivity contribution in [1.29, 1.82) is 0 Å². The molecule has 3 aromatic carbocycles. The third-order valence-electron chi connectivity index (χ3n) is 4.48. The van der Waals surface area contributed by atoms with Crippen LogP contribution in [0.15, 0.2) is 72.8 Å². The summed E-state index contributed by atoms with van der Waals surface area (Å²) in [6.07, 6.45) is 2.10. The van der Waals surface area contributed by atoms with Crippen molar-refractivity contribution in [2.75, 3.05) is 11.9 Å². The smallest absolute Gasteiger partial charge is 0.349 e. The fourth-order valence-corrected chi connectivity index (χ4v) is 2.86. The van der Waals surface area contributed by atoms with E-state index in [0.29, 0.717) is 17.1 Å². The lowest BCUT2D eigenvalue weighted by Crippen LogP contribution is -2.18. The summed E-state index contributed by atoms with van der Waals surface area (Å²) < 4.78 is 10.7. The largest absolute Gasteiger partial charge is 0.482 e. The predicted molar refractivity (Wildman–Crippen MR) is 117 cm³/mol. The molecule has 1 N–H and O–H groups in total. The molecule has 0 unspecified atom stereocenters. The van der Waals surface area contributed by atoms with Crippen LogP contribution in [0.2, 0.25) is 0 Å². The molecular formula is C25H25NO4. The molecule has 0 bridgehead atoms. The molecule has 0 saturated heterocycles. The number of benzene rings is 3. The third-order valence-corrected chi connectivity index (χ3v) is 4.48. The highest BCUT2D eigenvalue weighted by molar-refractivity contribution is 6.04. The Hall–Kier alpha value is -3.60. The summed E-state index contributed by atoms with van der Waals surface area (Å²) in [6, 6.07) is 21.6. The van der Waals surface area contributed by atoms with E-state index in [1.54, 1.807) is 24.3 Å². The van der Waals surface area contributed by atoms with Gasteiger partial charge in [-0.3, -0.25) is 4.79 Å². The average Bonchev–Trinajstić information content (AvgIpc) is 2.75. The first-order valence-electron chi connectivity index (χ1n) is 9.94. The molecule has 5 nitrogen and oxygen atoms in total. The number of amides is 1. The van der Waals surface area contributed by atoms with Gasteiger partial charge in [0.15, 0.2) is 6.61 Å². The van der Waals surface area contributed by atoms with Gasteiger partial charge in [-0.15, -0.1) is 0 Å². The Morgan fingerprint density at radius 3 is 2.10 bits per heavy atom. The molecule has 3 rings (SSSR count). The summed E-state index contributed by atoms with van der Waals surface area (Å²) >= 11 is 0. The number of hydrogen-bond acceptors (Lipinski definition) is 4. The van der Waals surface area contributed by atoms with Gasteiger partial charge in [-0.1, -0.05) is 43.2 Å². The Balaban J connectivity index is 1.48. The molecule has 0 atom stereocenters. The van der Waals surface area contributed by atoms with Gasteiger partial charge in [-0.05, 0) is 67.4 Å². The van der Waals surface area contributed by atoms with Gasteiger partial charge in [0, 0.05) is 11.3 Å². The maximum atomic E-state index is 12.3. The predicted octanol–water partition coefficient (Wildman–Crippen LogP) is 5.18. The summed E-state index contributed by atoms with van der Waals surface area (Å²) in [5, 5.41) is 2.83. The van der Waals surface area contributed by atoms with E-state index in [9.17, 15) is 9.59 Å². The highest BCUT2D eigenvalue weighted by atomic mass is 16.6. The van der Waals surface area contributed by atoms with Crippen LogP contribution in [0.25, 0.3) is 0 Å². The number of aryl methyl sites for hydroxylation is 2. The Kier molecular flexibility index (Phi) is 7.22. The maximum absolute atomic E-state index is 12.3. The van der Waals surface area contributed by atoms with Crippen molar-refractivity contribution in [1.82, 2.24) is 0 Å². The molecule has 0 heterocycles. The van der Waals surface area contributed by atoms with Gasteiger partial charge in [-0.2, -0.15) is 0 Å². The number of ether oxygens (including phenoxy) is 2. The van der Waals surface area contributed by atoms with E-state index in [1.165, 1.54) is 5.56 Å². The van der Waals surface area contributed by atoms with E-state index in [4.69, 9.17) is 9.47 Å². The quantitative estimate of drug-likeness (QED) is 0.416. The molecule has 3 aromatic rings. The zero-order chi connectivity index (χ0) is 21.3. The second-order valence-electron chi connectivity index (χ2n) is 7.00. The Bertz CT molecular complexity index is 977. The topological polar surface area (TPSA) is 64.6 Å². The second kappa shape index (κ2) is 10.3. The van der Waals surface area contributed by atoms with Gasteiger partial charge in [-0.25, -0.2) is 4.79 Å². The summed E-state index contributed by atoms with van der Waals surface area (Å²) in [5.74, 6) is 0.236. The van der Waals surface area contributed by atoms with Crippen LogP contribution in [0.4, 0.5) is 5.69 Å². The lowest BCUT2D eigenvalue weighted by atomic mass is 10.1. The molecule has 0 fully saturated rings. The lowest BCUT2D eigenvalue weighted by Gasteiger charge is -2.09. The molecule has 0 aliphatic carbocycles. The van der Waals surface area contributed by atoms with E-state index in [-0.39, 0.29) is 12.5 Å². The van der Waals surface area contributed by atoms with Crippen molar-refractivity contribution in [2.24, 2.45) is 0 Å². The minimum atomic E-state index is -0.510. The highest BCUT2D eigenvalue weighted by Gasteiger charge is 2.09. The van der Waals surface area contributed by atoms with Crippen LogP contribution in [0.5, 0.6) is 11.5 Å². The monoisotopic (exact) mass is 403 g/mol. The molecular weight excluding hydrogens is 378 g/mol. The van der Waals surface area contributed by atoms with Crippen molar-refractivity contribution >= 4 is 17.6 Å². The van der Waals surface area contributed by atoms with Crippen LogP contribution < -0.4 is 14.8 Å². The fourth-order valence-electron chi connectivity index (χ4n) is 2.86. The Morgan fingerprint density at radius 2 is 1.47 bits per heavy atom. The molecule has 0 aromatic heterocycles. The molecule has 154 valence electrons. The van der Waals surface area contributed by atoms with Gasteiger partial charge in [0.25, 0.3) is 5.91 Å². The lowest BCUT2D eigenvalue weighted by molar-refractivity contribution is -0.136. The van der Waals surface area contributed by atoms with E-state index < -0.39 is 5.97 Å². The molecule has 1 amide bonds. The minimum absolute atomic E-state index is 0.192. The number of rotatable bonds is 8. The van der Waals surface area contributed by atoms with Crippen LogP contribution in [0, 0.1) is 6.92 Å². The zero-order valence-corrected chi connectivity index (χ0v) is 17.2. The summed E-state index contributed by atoms with van der Waals surface area (Å²) in [5.41, 5.74) is 3.55. The molecule has 0 spiro atoms. The number of anilines is 1. The molecule has 0 aliphatic heterocycles. The van der Waals surface area contributed by atoms with Gasteiger partial charge < -0.3 is 14.8 Å². The molecule has 5 heteroatoms. The number of hydrogen-bond donors (Lipinski definition) is 1. The first-order chi connectivity index (χ1) is 14.5. The van der Waals surface area contributed by atoms with Gasteiger partial charge >= 0.3 is 5.97 Å². The van der Waals surface area contributed by atoms with Crippen LogP contribution in [-0.2, 0) is 11.2 Å². The van der Waals surface area contributed by atoms with Crippen molar-refractivity contribution < 1.29 is 19.1 Å². The Labute approximate surface area is 176 Å². The van der Waals surface area contributed by atoms with Crippen LogP contribution >= 0.6 is 0 Å². The SMILES string of the molecule is CCCc1ccc(OCC(=O)Oc2ccc(C(=O)Nc3ccc(C)cc3)cc2)cc1. The molecule has 30 heavy (non-hydrogen) atoms. The van der Waals surface area contributed by atoms with Crippen LogP contribution in [0.1, 0.15) is 34.8 Å². The third kappa shape index (κ3) is 6.21. The molecule has 0 saturated carbocycles. The van der Waals surface area contributed by atoms with Gasteiger partial charge in [0.05, 0.1) is 0 Å². The summed E-state index contributed by atoms with van der Waals surface area (Å²) in [6.45, 7) is 3.92. The Morgan fingerprint density at radius 1 is 0.833 bits per heavy atom. The summed E-state index contributed by atoms with van der Waals surface area (Å²) in [4.78, 5) is 24.3. The number of carbonyl (C=O) groups is 2. The van der Waals surface area contributed by atoms with E-state index >= 15 is 0 Å². The van der Waals surface area contributed by atoms with E-state index in [1.807, 2.05) is 55.5 Å². The molecule has 0 aliphatic rings.